The summed E-state index contributed by atoms with van der Waals surface area (Å²) < 4.78 is 0. The van der Waals surface area contributed by atoms with Crippen molar-refractivity contribution in [2.75, 3.05) is 0 Å². The van der Waals surface area contributed by atoms with Crippen LogP contribution in [0.1, 0.15) is 26.3 Å². The summed E-state index contributed by atoms with van der Waals surface area (Å²) in [4.78, 5) is 26.3. The number of carboxylic acid groups (broad SMARTS) is 2. The largest absolute Gasteiger partial charge is 0.507 e. The number of aromatic carboxylic acids is 2. The van der Waals surface area contributed by atoms with Crippen LogP contribution >= 0.6 is 0 Å². The van der Waals surface area contributed by atoms with Gasteiger partial charge in [0.25, 0.3) is 0 Å². The van der Waals surface area contributed by atoms with Crippen molar-refractivity contribution in [3.8, 4) is 11.5 Å². The smallest absolute Gasteiger partial charge is 0.339 e. The van der Waals surface area contributed by atoms with Crippen LogP contribution in [0.25, 0.3) is 10.8 Å². The standard InChI is InChI=1S/C25H17N3O6/c29-22-12-17(9-10-19(22)25(33)34)26-13-20-18-4-2-1-3-15(18)11-21(23(20)30)28-27-16-7-5-14(6-8-16)24(31)32/h1-13,29-30H,(H,31,32)(H,33,34). The molecule has 9 heteroatoms. The number of fused-ring (bicyclic) bond motifs is 1. The van der Waals surface area contributed by atoms with Gasteiger partial charge in [-0.2, -0.15) is 5.11 Å². The fourth-order valence-corrected chi connectivity index (χ4v) is 3.26. The number of hydrogen-bond acceptors (Lipinski definition) is 7. The lowest BCUT2D eigenvalue weighted by atomic mass is 10.0. The third-order valence-corrected chi connectivity index (χ3v) is 4.98. The highest BCUT2D eigenvalue weighted by atomic mass is 16.4. The highest BCUT2D eigenvalue weighted by molar-refractivity contribution is 6.05. The van der Waals surface area contributed by atoms with Crippen molar-refractivity contribution in [3.63, 3.8) is 0 Å². The van der Waals surface area contributed by atoms with E-state index in [4.69, 9.17) is 10.2 Å². The van der Waals surface area contributed by atoms with E-state index >= 15 is 0 Å². The number of phenols is 2. The number of aromatic hydroxyl groups is 2. The molecule has 0 heterocycles. The SMILES string of the molecule is O=C(O)c1ccc(N=Nc2cc3ccccc3c(C=Nc3ccc(C(=O)O)c(O)c3)c2O)cc1. The molecule has 0 unspecified atom stereocenters. The van der Waals surface area contributed by atoms with E-state index in [-0.39, 0.29) is 28.3 Å². The molecule has 0 fully saturated rings. The quantitative estimate of drug-likeness (QED) is 0.212. The van der Waals surface area contributed by atoms with Gasteiger partial charge in [0.1, 0.15) is 17.0 Å². The van der Waals surface area contributed by atoms with Crippen LogP contribution in [0.5, 0.6) is 11.5 Å². The van der Waals surface area contributed by atoms with Gasteiger partial charge in [0, 0.05) is 17.8 Å². The van der Waals surface area contributed by atoms with Gasteiger partial charge in [-0.05, 0) is 53.2 Å². The van der Waals surface area contributed by atoms with Crippen molar-refractivity contribution in [2.45, 2.75) is 0 Å². The van der Waals surface area contributed by atoms with Crippen molar-refractivity contribution >= 4 is 46.0 Å². The van der Waals surface area contributed by atoms with Crippen molar-refractivity contribution < 1.29 is 30.0 Å². The van der Waals surface area contributed by atoms with Crippen molar-refractivity contribution in [3.05, 3.63) is 89.5 Å². The van der Waals surface area contributed by atoms with Crippen molar-refractivity contribution in [1.29, 1.82) is 0 Å². The van der Waals surface area contributed by atoms with Crippen LogP contribution in [0, 0.1) is 0 Å². The van der Waals surface area contributed by atoms with Crippen LogP contribution in [0.15, 0.2) is 88.0 Å². The Labute approximate surface area is 192 Å². The first-order valence-electron chi connectivity index (χ1n) is 9.93. The zero-order valence-corrected chi connectivity index (χ0v) is 17.5. The Morgan fingerprint density at radius 1 is 0.765 bits per heavy atom. The predicted molar refractivity (Wildman–Crippen MR) is 126 cm³/mol. The minimum Gasteiger partial charge on any atom is -0.507 e. The summed E-state index contributed by atoms with van der Waals surface area (Å²) in [6.07, 6.45) is 1.40. The van der Waals surface area contributed by atoms with Crippen LogP contribution < -0.4 is 0 Å². The number of benzene rings is 4. The molecule has 4 N–H and O–H groups in total. The van der Waals surface area contributed by atoms with Crippen LogP contribution in [-0.4, -0.2) is 38.6 Å². The summed E-state index contributed by atoms with van der Waals surface area (Å²) in [5, 5.41) is 48.5. The average Bonchev–Trinajstić information content (AvgIpc) is 2.82. The molecule has 0 saturated carbocycles. The summed E-state index contributed by atoms with van der Waals surface area (Å²) in [6, 6.07) is 18.6. The second-order valence-corrected chi connectivity index (χ2v) is 7.20. The molecule has 0 aliphatic carbocycles. The zero-order valence-electron chi connectivity index (χ0n) is 17.5. The third kappa shape index (κ3) is 4.58. The minimum absolute atomic E-state index is 0.119. The Hall–Kier alpha value is -5.05. The molecular formula is C25H17N3O6. The number of hydrogen-bond donors (Lipinski definition) is 4. The summed E-state index contributed by atoms with van der Waals surface area (Å²) >= 11 is 0. The summed E-state index contributed by atoms with van der Waals surface area (Å²) in [5.74, 6) is -2.91. The fraction of sp³-hybridized carbons (Fsp3) is 0. The molecular weight excluding hydrogens is 438 g/mol. The van der Waals surface area contributed by atoms with Gasteiger partial charge in [-0.1, -0.05) is 24.3 Å². The van der Waals surface area contributed by atoms with E-state index in [0.29, 0.717) is 16.6 Å². The van der Waals surface area contributed by atoms with Gasteiger partial charge in [-0.25, -0.2) is 9.59 Å². The van der Waals surface area contributed by atoms with E-state index in [1.807, 2.05) is 12.1 Å². The molecule has 0 atom stereocenters. The van der Waals surface area contributed by atoms with E-state index in [1.165, 1.54) is 48.7 Å². The molecule has 0 aliphatic rings. The maximum absolute atomic E-state index is 11.1. The molecule has 4 aromatic rings. The van der Waals surface area contributed by atoms with Crippen molar-refractivity contribution in [2.24, 2.45) is 15.2 Å². The number of nitrogens with zero attached hydrogens (tertiary/aromatic N) is 3. The van der Waals surface area contributed by atoms with E-state index < -0.39 is 17.7 Å². The number of azo groups is 1. The van der Waals surface area contributed by atoms with Gasteiger partial charge in [-0.15, -0.1) is 5.11 Å². The van der Waals surface area contributed by atoms with Gasteiger partial charge in [0.15, 0.2) is 5.75 Å². The fourth-order valence-electron chi connectivity index (χ4n) is 3.26. The molecule has 0 spiro atoms. The maximum atomic E-state index is 11.1. The molecule has 34 heavy (non-hydrogen) atoms. The van der Waals surface area contributed by atoms with Gasteiger partial charge < -0.3 is 20.4 Å². The first kappa shape index (κ1) is 22.2. The molecule has 0 aliphatic heterocycles. The molecule has 168 valence electrons. The maximum Gasteiger partial charge on any atom is 0.339 e. The van der Waals surface area contributed by atoms with Gasteiger partial charge in [-0.3, -0.25) is 4.99 Å². The summed E-state index contributed by atoms with van der Waals surface area (Å²) in [5.41, 5.74) is 1.10. The lowest BCUT2D eigenvalue weighted by Gasteiger charge is -2.08. The normalized spacial score (nSPS) is 11.4. The molecule has 0 saturated heterocycles. The molecule has 4 aromatic carbocycles. The molecule has 0 radical (unpaired) electrons. The highest BCUT2D eigenvalue weighted by Gasteiger charge is 2.13. The van der Waals surface area contributed by atoms with Gasteiger partial charge in [0.05, 0.1) is 16.9 Å². The van der Waals surface area contributed by atoms with E-state index in [1.54, 1.807) is 18.2 Å². The van der Waals surface area contributed by atoms with Crippen LogP contribution in [0.2, 0.25) is 0 Å². The second-order valence-electron chi connectivity index (χ2n) is 7.20. The topological polar surface area (TPSA) is 152 Å². The van der Waals surface area contributed by atoms with Crippen molar-refractivity contribution in [1.82, 2.24) is 0 Å². The Kier molecular flexibility index (Phi) is 6.00. The van der Waals surface area contributed by atoms with Crippen LogP contribution in [0.3, 0.4) is 0 Å². The Morgan fingerprint density at radius 2 is 1.47 bits per heavy atom. The predicted octanol–water partition coefficient (Wildman–Crippen LogP) is 5.81. The van der Waals surface area contributed by atoms with Crippen LogP contribution in [0.4, 0.5) is 17.1 Å². The Bertz CT molecular complexity index is 1480. The lowest BCUT2D eigenvalue weighted by molar-refractivity contribution is 0.0684. The van der Waals surface area contributed by atoms with Crippen LogP contribution in [-0.2, 0) is 0 Å². The Morgan fingerprint density at radius 3 is 2.15 bits per heavy atom. The van der Waals surface area contributed by atoms with E-state index in [2.05, 4.69) is 15.2 Å². The number of phenolic OH excluding ortho intramolecular Hbond substituents is 1. The summed E-state index contributed by atoms with van der Waals surface area (Å²) in [6.45, 7) is 0. The lowest BCUT2D eigenvalue weighted by Crippen LogP contribution is -1.95. The first-order chi connectivity index (χ1) is 16.3. The highest BCUT2D eigenvalue weighted by Crippen LogP contribution is 2.37. The van der Waals surface area contributed by atoms with E-state index in [9.17, 15) is 19.8 Å². The van der Waals surface area contributed by atoms with E-state index in [0.717, 1.165) is 5.39 Å². The number of rotatable bonds is 6. The molecule has 4 rings (SSSR count). The number of carbonyl (C=O) groups is 2. The second kappa shape index (κ2) is 9.21. The van der Waals surface area contributed by atoms with Gasteiger partial charge in [0.2, 0.25) is 0 Å². The molecule has 0 amide bonds. The number of aliphatic imine (C=N–C) groups is 1. The zero-order chi connectivity index (χ0) is 24.2. The number of carboxylic acids is 2. The first-order valence-corrected chi connectivity index (χ1v) is 9.93. The monoisotopic (exact) mass is 455 g/mol. The minimum atomic E-state index is -1.26. The molecule has 0 bridgehead atoms. The third-order valence-electron chi connectivity index (χ3n) is 4.98. The average molecular weight is 455 g/mol. The summed E-state index contributed by atoms with van der Waals surface area (Å²) in [7, 11) is 0. The Balaban J connectivity index is 1.73. The molecule has 0 aromatic heterocycles. The van der Waals surface area contributed by atoms with Gasteiger partial charge >= 0.3 is 11.9 Å². The molecule has 9 nitrogen and oxygen atoms in total.